The number of ketones is 1. The number of rotatable bonds is 7. The summed E-state index contributed by atoms with van der Waals surface area (Å²) in [7, 11) is 0. The highest BCUT2D eigenvalue weighted by atomic mass is 19.1. The third-order valence-electron chi connectivity index (χ3n) is 5.63. The molecule has 1 aliphatic carbocycles. The van der Waals surface area contributed by atoms with Crippen molar-refractivity contribution >= 4 is 17.5 Å². The van der Waals surface area contributed by atoms with Crippen LogP contribution in [0, 0.1) is 18.7 Å². The second-order valence-electron chi connectivity index (χ2n) is 9.55. The van der Waals surface area contributed by atoms with Gasteiger partial charge in [-0.3, -0.25) is 9.59 Å². The largest absolute Gasteiger partial charge is 0.338 e. The van der Waals surface area contributed by atoms with E-state index in [1.807, 2.05) is 27.7 Å². The Bertz CT molecular complexity index is 1210. The van der Waals surface area contributed by atoms with Crippen LogP contribution in [0.4, 0.5) is 10.2 Å². The van der Waals surface area contributed by atoms with E-state index in [-0.39, 0.29) is 35.3 Å². The fourth-order valence-corrected chi connectivity index (χ4v) is 3.45. The zero-order valence-electron chi connectivity index (χ0n) is 19.2. The van der Waals surface area contributed by atoms with E-state index >= 15 is 0 Å². The molecule has 1 amide bonds. The van der Waals surface area contributed by atoms with E-state index in [9.17, 15) is 14.0 Å². The van der Waals surface area contributed by atoms with Gasteiger partial charge in [0, 0.05) is 29.5 Å². The molecular formula is C25H27FN4O3. The molecule has 1 N–H and O–H groups in total. The predicted molar refractivity (Wildman–Crippen MR) is 121 cm³/mol. The summed E-state index contributed by atoms with van der Waals surface area (Å²) in [5.74, 6) is 0.226. The summed E-state index contributed by atoms with van der Waals surface area (Å²) in [5, 5.41) is 6.58. The van der Waals surface area contributed by atoms with Crippen molar-refractivity contribution < 1.29 is 18.5 Å². The Hall–Kier alpha value is -3.42. The summed E-state index contributed by atoms with van der Waals surface area (Å²) in [6.07, 6.45) is 3.85. The third kappa shape index (κ3) is 5.32. The van der Waals surface area contributed by atoms with Gasteiger partial charge in [0.15, 0.2) is 0 Å². The first-order valence-corrected chi connectivity index (χ1v) is 11.1. The maximum absolute atomic E-state index is 15.0. The van der Waals surface area contributed by atoms with Gasteiger partial charge in [0.05, 0.1) is 0 Å². The van der Waals surface area contributed by atoms with Gasteiger partial charge < -0.3 is 9.84 Å². The molecule has 2 heterocycles. The lowest BCUT2D eigenvalue weighted by Gasteiger charge is -2.11. The first-order valence-electron chi connectivity index (χ1n) is 11.1. The van der Waals surface area contributed by atoms with Crippen molar-refractivity contribution in [1.82, 2.24) is 15.1 Å². The number of halogens is 1. The van der Waals surface area contributed by atoms with Gasteiger partial charge in [-0.2, -0.15) is 4.98 Å². The average Bonchev–Trinajstić information content (AvgIpc) is 3.49. The van der Waals surface area contributed by atoms with E-state index in [0.29, 0.717) is 29.3 Å². The Balaban J connectivity index is 1.46. The lowest BCUT2D eigenvalue weighted by atomic mass is 9.96. The van der Waals surface area contributed by atoms with Crippen molar-refractivity contribution in [1.29, 1.82) is 0 Å². The number of benzene rings is 1. The fourth-order valence-electron chi connectivity index (χ4n) is 3.45. The molecule has 33 heavy (non-hydrogen) atoms. The highest BCUT2D eigenvalue weighted by molar-refractivity contribution is 5.94. The molecule has 7 nitrogen and oxygen atoms in total. The van der Waals surface area contributed by atoms with Gasteiger partial charge in [0.1, 0.15) is 11.6 Å². The second kappa shape index (κ2) is 8.84. The van der Waals surface area contributed by atoms with Gasteiger partial charge in [-0.25, -0.2) is 9.37 Å². The Labute approximate surface area is 191 Å². The number of pyridine rings is 1. The molecule has 0 saturated heterocycles. The van der Waals surface area contributed by atoms with E-state index in [0.717, 1.165) is 24.0 Å². The maximum atomic E-state index is 15.0. The second-order valence-corrected chi connectivity index (χ2v) is 9.55. The first-order chi connectivity index (χ1) is 15.6. The van der Waals surface area contributed by atoms with E-state index in [2.05, 4.69) is 20.4 Å². The maximum Gasteiger partial charge on any atom is 0.238 e. The van der Waals surface area contributed by atoms with Gasteiger partial charge in [-0.05, 0) is 67.1 Å². The lowest BCUT2D eigenvalue weighted by molar-refractivity contribution is -0.117. The minimum absolute atomic E-state index is 0.0484. The third-order valence-corrected chi connectivity index (χ3v) is 5.63. The molecule has 0 radical (unpaired) electrons. The standard InChI is InChI=1S/C25H27FN4O3/c1-14-11-18(17-9-10-27-21(13-17)28-23(32)15-5-6-15)19(26)12-16(14)7-8-20(31)22-29-24(33-30-22)25(2,3)4/h9-13,15H,5-8H2,1-4H3,(H,27,28,32). The topological polar surface area (TPSA) is 98.0 Å². The van der Waals surface area contributed by atoms with Crippen LogP contribution in [0.5, 0.6) is 0 Å². The van der Waals surface area contributed by atoms with Crippen LogP contribution in [0.2, 0.25) is 0 Å². The van der Waals surface area contributed by atoms with Crippen LogP contribution in [0.3, 0.4) is 0 Å². The number of hydrogen-bond donors (Lipinski definition) is 1. The van der Waals surface area contributed by atoms with Crippen LogP contribution in [-0.4, -0.2) is 26.8 Å². The summed E-state index contributed by atoms with van der Waals surface area (Å²) < 4.78 is 20.2. The number of nitrogens with zero attached hydrogens (tertiary/aromatic N) is 3. The van der Waals surface area contributed by atoms with E-state index in [4.69, 9.17) is 4.52 Å². The van der Waals surface area contributed by atoms with Crippen molar-refractivity contribution in [2.24, 2.45) is 5.92 Å². The number of Topliss-reactive ketones (excluding diaryl/α,β-unsaturated/α-hetero) is 1. The van der Waals surface area contributed by atoms with Gasteiger partial charge in [0.2, 0.25) is 23.4 Å². The van der Waals surface area contributed by atoms with Gasteiger partial charge in [-0.15, -0.1) is 0 Å². The number of anilines is 1. The van der Waals surface area contributed by atoms with Crippen molar-refractivity contribution in [3.05, 3.63) is 59.1 Å². The van der Waals surface area contributed by atoms with Crippen molar-refractivity contribution in [3.8, 4) is 11.1 Å². The normalized spacial score (nSPS) is 13.7. The molecule has 8 heteroatoms. The lowest BCUT2D eigenvalue weighted by Crippen LogP contribution is -2.14. The Kier molecular flexibility index (Phi) is 6.10. The molecule has 3 aromatic rings. The highest BCUT2D eigenvalue weighted by Gasteiger charge is 2.30. The van der Waals surface area contributed by atoms with E-state index < -0.39 is 5.82 Å². The summed E-state index contributed by atoms with van der Waals surface area (Å²) in [5.41, 5.74) is 2.30. The van der Waals surface area contributed by atoms with E-state index in [1.165, 1.54) is 6.07 Å². The molecule has 0 unspecified atom stereocenters. The van der Waals surface area contributed by atoms with Crippen LogP contribution in [-0.2, 0) is 16.6 Å². The van der Waals surface area contributed by atoms with Gasteiger partial charge in [-0.1, -0.05) is 25.9 Å². The molecule has 1 aliphatic rings. The molecule has 0 atom stereocenters. The Morgan fingerprint density at radius 1 is 1.21 bits per heavy atom. The van der Waals surface area contributed by atoms with E-state index in [1.54, 1.807) is 24.4 Å². The predicted octanol–water partition coefficient (Wildman–Crippen LogP) is 5.04. The van der Waals surface area contributed by atoms with Gasteiger partial charge >= 0.3 is 0 Å². The molecule has 0 bridgehead atoms. The van der Waals surface area contributed by atoms with Crippen LogP contribution >= 0.6 is 0 Å². The molecule has 1 aromatic carbocycles. The molecule has 0 aliphatic heterocycles. The SMILES string of the molecule is Cc1cc(-c2ccnc(NC(=O)C3CC3)c2)c(F)cc1CCC(=O)c1noc(C(C)(C)C)n1. The van der Waals surface area contributed by atoms with Crippen LogP contribution in [0.15, 0.2) is 35.0 Å². The molecule has 172 valence electrons. The Morgan fingerprint density at radius 3 is 2.64 bits per heavy atom. The van der Waals surface area contributed by atoms with Crippen molar-refractivity contribution in [3.63, 3.8) is 0 Å². The Morgan fingerprint density at radius 2 is 1.97 bits per heavy atom. The highest BCUT2D eigenvalue weighted by Crippen LogP contribution is 2.31. The van der Waals surface area contributed by atoms with Crippen LogP contribution < -0.4 is 5.32 Å². The summed E-state index contributed by atoms with van der Waals surface area (Å²) in [6.45, 7) is 7.66. The summed E-state index contributed by atoms with van der Waals surface area (Å²) in [6, 6.07) is 6.59. The molecule has 2 aromatic heterocycles. The van der Waals surface area contributed by atoms with Crippen molar-refractivity contribution in [2.75, 3.05) is 5.32 Å². The molecule has 0 spiro atoms. The number of carbonyl (C=O) groups excluding carboxylic acids is 2. The number of amides is 1. The average molecular weight is 451 g/mol. The zero-order valence-corrected chi connectivity index (χ0v) is 19.2. The minimum Gasteiger partial charge on any atom is -0.338 e. The summed E-state index contributed by atoms with van der Waals surface area (Å²) in [4.78, 5) is 32.9. The first kappa shape index (κ1) is 22.8. The molecule has 4 rings (SSSR count). The van der Waals surface area contributed by atoms with Crippen LogP contribution in [0.25, 0.3) is 11.1 Å². The monoisotopic (exact) mass is 450 g/mol. The number of aryl methyl sites for hydroxylation is 2. The van der Waals surface area contributed by atoms with Gasteiger partial charge in [0.25, 0.3) is 0 Å². The summed E-state index contributed by atoms with van der Waals surface area (Å²) >= 11 is 0. The zero-order chi connectivity index (χ0) is 23.8. The van der Waals surface area contributed by atoms with Crippen LogP contribution in [0.1, 0.15) is 67.7 Å². The molecule has 1 saturated carbocycles. The minimum atomic E-state index is -0.400. The molecule has 1 fully saturated rings. The number of carbonyl (C=O) groups is 2. The number of hydrogen-bond acceptors (Lipinski definition) is 6. The smallest absolute Gasteiger partial charge is 0.238 e. The quantitative estimate of drug-likeness (QED) is 0.507. The number of nitrogens with one attached hydrogen (secondary N) is 1. The number of aromatic nitrogens is 3. The van der Waals surface area contributed by atoms with Crippen molar-refractivity contribution in [2.45, 2.75) is 58.8 Å². The molecular weight excluding hydrogens is 423 g/mol. The fraction of sp³-hybridized carbons (Fsp3) is 0.400.